The first-order chi connectivity index (χ1) is 13.3. The molecule has 8 heteroatoms. The van der Waals surface area contributed by atoms with Gasteiger partial charge < -0.3 is 14.8 Å². The summed E-state index contributed by atoms with van der Waals surface area (Å²) in [4.78, 5) is 28.2. The van der Waals surface area contributed by atoms with Crippen molar-refractivity contribution in [3.8, 4) is 11.9 Å². The van der Waals surface area contributed by atoms with Crippen LogP contribution in [0.4, 0.5) is 10.1 Å². The molecule has 0 radical (unpaired) electrons. The molecule has 0 saturated carbocycles. The SMILES string of the molecule is CCOC(=O)CNc1ccc(F)cc1C(=O)COc1nc(C)cc(C)c1C#N. The van der Waals surface area contributed by atoms with Gasteiger partial charge in [0.2, 0.25) is 11.7 Å². The molecule has 0 spiro atoms. The van der Waals surface area contributed by atoms with E-state index in [0.717, 1.165) is 6.07 Å². The number of esters is 1. The van der Waals surface area contributed by atoms with E-state index in [-0.39, 0.29) is 35.8 Å². The molecule has 2 rings (SSSR count). The van der Waals surface area contributed by atoms with Crippen LogP contribution in [0.25, 0.3) is 0 Å². The number of ether oxygens (including phenoxy) is 2. The highest BCUT2D eigenvalue weighted by Crippen LogP contribution is 2.22. The minimum Gasteiger partial charge on any atom is -0.468 e. The number of nitriles is 1. The fourth-order valence-electron chi connectivity index (χ4n) is 2.54. The molecule has 28 heavy (non-hydrogen) atoms. The molecule has 0 aliphatic rings. The second kappa shape index (κ2) is 9.46. The van der Waals surface area contributed by atoms with Gasteiger partial charge in [0.1, 0.15) is 24.0 Å². The van der Waals surface area contributed by atoms with Crippen molar-refractivity contribution >= 4 is 17.4 Å². The molecule has 0 aliphatic heterocycles. The number of carbonyl (C=O) groups is 2. The van der Waals surface area contributed by atoms with Gasteiger partial charge in [0.25, 0.3) is 0 Å². The first-order valence-corrected chi connectivity index (χ1v) is 8.59. The number of aromatic nitrogens is 1. The standard InChI is InChI=1S/C20H20FN3O4/c1-4-27-19(26)10-23-17-6-5-14(21)8-15(17)18(25)11-28-20-16(9-22)12(2)7-13(3)24-20/h5-8,23H,4,10-11H2,1-3H3. The van der Waals surface area contributed by atoms with Gasteiger partial charge in [-0.05, 0) is 50.6 Å². The topological polar surface area (TPSA) is 101 Å². The highest BCUT2D eigenvalue weighted by Gasteiger charge is 2.17. The van der Waals surface area contributed by atoms with E-state index in [9.17, 15) is 19.2 Å². The molecule has 2 aromatic rings. The predicted molar refractivity (Wildman–Crippen MR) is 99.8 cm³/mol. The van der Waals surface area contributed by atoms with Crippen molar-refractivity contribution in [2.24, 2.45) is 0 Å². The van der Waals surface area contributed by atoms with Gasteiger partial charge in [-0.3, -0.25) is 9.59 Å². The van der Waals surface area contributed by atoms with Gasteiger partial charge in [0, 0.05) is 16.9 Å². The minimum atomic E-state index is -0.604. The lowest BCUT2D eigenvalue weighted by atomic mass is 10.1. The highest BCUT2D eigenvalue weighted by atomic mass is 19.1. The number of pyridine rings is 1. The van der Waals surface area contributed by atoms with E-state index in [1.807, 2.05) is 6.07 Å². The second-order valence-electron chi connectivity index (χ2n) is 5.93. The van der Waals surface area contributed by atoms with E-state index >= 15 is 0 Å². The van der Waals surface area contributed by atoms with Crippen LogP contribution in [0.15, 0.2) is 24.3 Å². The Labute approximate surface area is 162 Å². The Morgan fingerprint density at radius 3 is 2.71 bits per heavy atom. The van der Waals surface area contributed by atoms with Crippen molar-refractivity contribution in [3.63, 3.8) is 0 Å². The summed E-state index contributed by atoms with van der Waals surface area (Å²) in [5.74, 6) is -1.59. The molecule has 1 aromatic heterocycles. The van der Waals surface area contributed by atoms with Crippen molar-refractivity contribution < 1.29 is 23.5 Å². The smallest absolute Gasteiger partial charge is 0.325 e. The Bertz CT molecular complexity index is 938. The molecule has 0 aliphatic carbocycles. The number of hydrogen-bond acceptors (Lipinski definition) is 7. The van der Waals surface area contributed by atoms with Crippen molar-refractivity contribution in [1.82, 2.24) is 4.98 Å². The number of rotatable bonds is 8. The van der Waals surface area contributed by atoms with E-state index in [4.69, 9.17) is 9.47 Å². The van der Waals surface area contributed by atoms with Crippen LogP contribution >= 0.6 is 0 Å². The molecule has 1 N–H and O–H groups in total. The summed E-state index contributed by atoms with van der Waals surface area (Å²) >= 11 is 0. The molecule has 0 unspecified atom stereocenters. The summed E-state index contributed by atoms with van der Waals surface area (Å²) in [7, 11) is 0. The number of benzene rings is 1. The van der Waals surface area contributed by atoms with Crippen LogP contribution in [0.5, 0.6) is 5.88 Å². The fourth-order valence-corrected chi connectivity index (χ4v) is 2.54. The lowest BCUT2D eigenvalue weighted by molar-refractivity contribution is -0.140. The maximum atomic E-state index is 13.6. The van der Waals surface area contributed by atoms with Gasteiger partial charge in [-0.2, -0.15) is 5.26 Å². The quantitative estimate of drug-likeness (QED) is 0.551. The first kappa shape index (κ1) is 20.8. The number of halogens is 1. The van der Waals surface area contributed by atoms with E-state index in [1.54, 1.807) is 26.8 Å². The third-order valence-corrected chi connectivity index (χ3v) is 3.77. The molecule has 1 heterocycles. The fraction of sp³-hybridized carbons (Fsp3) is 0.300. The van der Waals surface area contributed by atoms with Crippen LogP contribution in [0.1, 0.15) is 34.1 Å². The molecule has 0 bridgehead atoms. The van der Waals surface area contributed by atoms with Gasteiger partial charge in [-0.25, -0.2) is 9.37 Å². The summed E-state index contributed by atoms with van der Waals surface area (Å²) in [6.07, 6.45) is 0. The molecule has 0 amide bonds. The van der Waals surface area contributed by atoms with Crippen LogP contribution in [0, 0.1) is 31.0 Å². The number of ketones is 1. The van der Waals surface area contributed by atoms with Crippen LogP contribution in [-0.2, 0) is 9.53 Å². The zero-order valence-corrected chi connectivity index (χ0v) is 15.8. The summed E-state index contributed by atoms with van der Waals surface area (Å²) < 4.78 is 23.9. The Morgan fingerprint density at radius 1 is 1.29 bits per heavy atom. The van der Waals surface area contributed by atoms with E-state index < -0.39 is 24.2 Å². The van der Waals surface area contributed by atoms with Crippen molar-refractivity contribution in [3.05, 3.63) is 52.5 Å². The third-order valence-electron chi connectivity index (χ3n) is 3.77. The Balaban J connectivity index is 2.17. The van der Waals surface area contributed by atoms with Crippen LogP contribution in [-0.4, -0.2) is 36.5 Å². The zero-order valence-electron chi connectivity index (χ0n) is 15.8. The van der Waals surface area contributed by atoms with Gasteiger partial charge in [0.05, 0.1) is 6.61 Å². The Morgan fingerprint density at radius 2 is 2.04 bits per heavy atom. The van der Waals surface area contributed by atoms with Crippen LogP contribution < -0.4 is 10.1 Å². The number of nitrogens with zero attached hydrogens (tertiary/aromatic N) is 2. The lowest BCUT2D eigenvalue weighted by Crippen LogP contribution is -2.20. The number of Topliss-reactive ketones (excluding diaryl/α,β-unsaturated/α-hetero) is 1. The van der Waals surface area contributed by atoms with Gasteiger partial charge in [-0.15, -0.1) is 0 Å². The number of nitrogens with one attached hydrogen (secondary N) is 1. The first-order valence-electron chi connectivity index (χ1n) is 8.59. The van der Waals surface area contributed by atoms with Crippen LogP contribution in [0.2, 0.25) is 0 Å². The number of aryl methyl sites for hydroxylation is 2. The third kappa shape index (κ3) is 5.27. The monoisotopic (exact) mass is 385 g/mol. The second-order valence-corrected chi connectivity index (χ2v) is 5.93. The largest absolute Gasteiger partial charge is 0.468 e. The van der Waals surface area contributed by atoms with Crippen molar-refractivity contribution in [1.29, 1.82) is 5.26 Å². The molecule has 7 nitrogen and oxygen atoms in total. The number of anilines is 1. The highest BCUT2D eigenvalue weighted by molar-refractivity contribution is 6.02. The maximum absolute atomic E-state index is 13.6. The average Bonchev–Trinajstić information content (AvgIpc) is 2.65. The molecular weight excluding hydrogens is 365 g/mol. The summed E-state index contributed by atoms with van der Waals surface area (Å²) in [5, 5.41) is 12.0. The van der Waals surface area contributed by atoms with Crippen molar-refractivity contribution in [2.75, 3.05) is 25.1 Å². The number of hydrogen-bond donors (Lipinski definition) is 1. The molecule has 0 fully saturated rings. The molecule has 1 aromatic carbocycles. The summed E-state index contributed by atoms with van der Waals surface area (Å²) in [5.41, 5.74) is 1.85. The molecule has 0 atom stereocenters. The normalized spacial score (nSPS) is 10.1. The van der Waals surface area contributed by atoms with E-state index in [2.05, 4.69) is 10.3 Å². The van der Waals surface area contributed by atoms with Gasteiger partial charge in [-0.1, -0.05) is 0 Å². The lowest BCUT2D eigenvalue weighted by Gasteiger charge is -2.13. The molecule has 146 valence electrons. The van der Waals surface area contributed by atoms with Crippen molar-refractivity contribution in [2.45, 2.75) is 20.8 Å². The number of carbonyl (C=O) groups excluding carboxylic acids is 2. The predicted octanol–water partition coefficient (Wildman–Crippen LogP) is 2.95. The van der Waals surface area contributed by atoms with E-state index in [0.29, 0.717) is 11.3 Å². The summed E-state index contributed by atoms with van der Waals surface area (Å²) in [6.45, 7) is 4.78. The van der Waals surface area contributed by atoms with Gasteiger partial charge in [0.15, 0.2) is 6.61 Å². The average molecular weight is 385 g/mol. The van der Waals surface area contributed by atoms with E-state index in [1.165, 1.54) is 12.1 Å². The zero-order chi connectivity index (χ0) is 20.7. The maximum Gasteiger partial charge on any atom is 0.325 e. The Hall–Kier alpha value is -3.47. The molecular formula is C20H20FN3O4. The summed E-state index contributed by atoms with van der Waals surface area (Å²) in [6, 6.07) is 7.32. The van der Waals surface area contributed by atoms with Crippen LogP contribution in [0.3, 0.4) is 0 Å². The minimum absolute atomic E-state index is 0.0205. The van der Waals surface area contributed by atoms with Gasteiger partial charge >= 0.3 is 5.97 Å². The molecule has 0 saturated heterocycles. The Kier molecular flexibility index (Phi) is 7.04.